The number of hydrogen-bond donors (Lipinski definition) is 0. The molecule has 0 spiro atoms. The Kier molecular flexibility index (Phi) is 51.3. The zero-order valence-corrected chi connectivity index (χ0v) is 42.8. The maximum absolute atomic E-state index is 12.8. The Hall–Kier alpha value is -2.37. The molecule has 0 fully saturated rings. The fourth-order valence-electron chi connectivity index (χ4n) is 8.12. The molecule has 1 atom stereocenters. The second-order valence-corrected chi connectivity index (χ2v) is 18.8. The second-order valence-electron chi connectivity index (χ2n) is 18.8. The standard InChI is InChI=1S/C58H106O6/c1-4-7-10-13-16-19-21-23-24-25-26-27-28-29-30-31-32-33-34-36-37-39-42-45-48-51-57(60)63-54-55(53-62-56(59)50-47-44-41-18-15-12-9-6-3)64-58(61)52-49-46-43-40-38-35-22-20-17-14-11-8-5-2/h11,14,20,22,25-26,55H,4-10,12-13,15-19,21,23-24,27-54H2,1-3H3/b14-11-,22-20-,26-25-. The third-order valence-corrected chi connectivity index (χ3v) is 12.3. The summed E-state index contributed by atoms with van der Waals surface area (Å²) in [7, 11) is 0. The van der Waals surface area contributed by atoms with Crippen LogP contribution in [0.2, 0.25) is 0 Å². The molecule has 0 aliphatic heterocycles. The number of allylic oxidation sites excluding steroid dienone is 6. The van der Waals surface area contributed by atoms with Crippen molar-refractivity contribution >= 4 is 17.9 Å². The predicted molar refractivity (Wildman–Crippen MR) is 275 cm³/mol. The number of esters is 3. The average Bonchev–Trinajstić information content (AvgIpc) is 3.29. The Labute approximate surface area is 397 Å². The maximum Gasteiger partial charge on any atom is 0.306 e. The smallest absolute Gasteiger partial charge is 0.306 e. The summed E-state index contributed by atoms with van der Waals surface area (Å²) >= 11 is 0. The van der Waals surface area contributed by atoms with E-state index in [-0.39, 0.29) is 31.1 Å². The summed E-state index contributed by atoms with van der Waals surface area (Å²) in [6.45, 7) is 6.56. The fraction of sp³-hybridized carbons (Fsp3) is 0.845. The van der Waals surface area contributed by atoms with Crippen LogP contribution < -0.4 is 0 Å². The van der Waals surface area contributed by atoms with Gasteiger partial charge in [-0.25, -0.2) is 0 Å². The van der Waals surface area contributed by atoms with Gasteiger partial charge < -0.3 is 14.2 Å². The highest BCUT2D eigenvalue weighted by Crippen LogP contribution is 2.16. The van der Waals surface area contributed by atoms with E-state index in [1.54, 1.807) is 0 Å². The molecule has 1 unspecified atom stereocenters. The molecule has 0 aliphatic carbocycles. The predicted octanol–water partition coefficient (Wildman–Crippen LogP) is 18.5. The summed E-state index contributed by atoms with van der Waals surface area (Å²) in [5.41, 5.74) is 0. The zero-order chi connectivity index (χ0) is 46.5. The van der Waals surface area contributed by atoms with E-state index in [2.05, 4.69) is 57.2 Å². The molecule has 6 nitrogen and oxygen atoms in total. The molecule has 0 heterocycles. The van der Waals surface area contributed by atoms with Gasteiger partial charge in [0.15, 0.2) is 6.10 Å². The van der Waals surface area contributed by atoms with Gasteiger partial charge in [-0.3, -0.25) is 14.4 Å². The van der Waals surface area contributed by atoms with Gasteiger partial charge >= 0.3 is 17.9 Å². The Morgan fingerprint density at radius 3 is 0.938 bits per heavy atom. The van der Waals surface area contributed by atoms with Gasteiger partial charge in [0.25, 0.3) is 0 Å². The molecular weight excluding hydrogens is 793 g/mol. The zero-order valence-electron chi connectivity index (χ0n) is 42.8. The highest BCUT2D eigenvalue weighted by molar-refractivity contribution is 5.71. The molecule has 0 rings (SSSR count). The molecule has 0 aromatic heterocycles. The van der Waals surface area contributed by atoms with Crippen LogP contribution in [0.4, 0.5) is 0 Å². The first kappa shape index (κ1) is 61.6. The first-order valence-electron chi connectivity index (χ1n) is 28.0. The van der Waals surface area contributed by atoms with E-state index in [4.69, 9.17) is 14.2 Å². The number of carbonyl (C=O) groups is 3. The largest absolute Gasteiger partial charge is 0.462 e. The summed E-state index contributed by atoms with van der Waals surface area (Å²) in [6, 6.07) is 0. The van der Waals surface area contributed by atoms with Gasteiger partial charge in [0.05, 0.1) is 0 Å². The van der Waals surface area contributed by atoms with E-state index >= 15 is 0 Å². The molecule has 0 bridgehead atoms. The number of rotatable bonds is 51. The van der Waals surface area contributed by atoms with Crippen molar-refractivity contribution in [3.63, 3.8) is 0 Å². The molecule has 0 aromatic carbocycles. The van der Waals surface area contributed by atoms with Gasteiger partial charge in [0.2, 0.25) is 0 Å². The van der Waals surface area contributed by atoms with Gasteiger partial charge in [-0.05, 0) is 70.6 Å². The molecule has 0 saturated heterocycles. The average molecular weight is 899 g/mol. The van der Waals surface area contributed by atoms with E-state index in [1.807, 2.05) is 0 Å². The molecule has 0 aliphatic rings. The molecule has 0 N–H and O–H groups in total. The van der Waals surface area contributed by atoms with Crippen molar-refractivity contribution < 1.29 is 28.6 Å². The van der Waals surface area contributed by atoms with E-state index < -0.39 is 6.10 Å². The molecule has 6 heteroatoms. The second kappa shape index (κ2) is 53.2. The number of unbranched alkanes of at least 4 members (excludes halogenated alkanes) is 34. The highest BCUT2D eigenvalue weighted by Gasteiger charge is 2.19. The molecule has 0 amide bonds. The number of ether oxygens (including phenoxy) is 3. The Morgan fingerprint density at radius 2 is 0.594 bits per heavy atom. The summed E-state index contributed by atoms with van der Waals surface area (Å²) in [5, 5.41) is 0. The van der Waals surface area contributed by atoms with Crippen LogP contribution in [-0.2, 0) is 28.6 Å². The summed E-state index contributed by atoms with van der Waals surface area (Å²) in [6.07, 6.45) is 63.0. The van der Waals surface area contributed by atoms with E-state index in [9.17, 15) is 14.4 Å². The van der Waals surface area contributed by atoms with Crippen LogP contribution in [-0.4, -0.2) is 37.2 Å². The Morgan fingerprint density at radius 1 is 0.312 bits per heavy atom. The summed E-state index contributed by atoms with van der Waals surface area (Å²) in [4.78, 5) is 37.9. The lowest BCUT2D eigenvalue weighted by atomic mass is 10.0. The van der Waals surface area contributed by atoms with E-state index in [0.717, 1.165) is 89.9 Å². The van der Waals surface area contributed by atoms with Gasteiger partial charge in [-0.1, -0.05) is 243 Å². The quantitative estimate of drug-likeness (QED) is 0.0262. The summed E-state index contributed by atoms with van der Waals surface area (Å²) < 4.78 is 16.8. The topological polar surface area (TPSA) is 78.9 Å². The minimum Gasteiger partial charge on any atom is -0.462 e. The van der Waals surface area contributed by atoms with Crippen molar-refractivity contribution in [2.45, 2.75) is 303 Å². The van der Waals surface area contributed by atoms with Crippen molar-refractivity contribution in [3.05, 3.63) is 36.5 Å². The normalized spacial score (nSPS) is 12.2. The monoisotopic (exact) mass is 899 g/mol. The third kappa shape index (κ3) is 50.6. The van der Waals surface area contributed by atoms with Crippen LogP contribution in [0.25, 0.3) is 0 Å². The van der Waals surface area contributed by atoms with Crippen molar-refractivity contribution in [3.8, 4) is 0 Å². The Bertz CT molecular complexity index is 1080. The third-order valence-electron chi connectivity index (χ3n) is 12.3. The van der Waals surface area contributed by atoms with Gasteiger partial charge in [-0.2, -0.15) is 0 Å². The van der Waals surface area contributed by atoms with Crippen molar-refractivity contribution in [1.82, 2.24) is 0 Å². The number of hydrogen-bond acceptors (Lipinski definition) is 6. The molecule has 0 saturated carbocycles. The van der Waals surface area contributed by atoms with Crippen molar-refractivity contribution in [2.75, 3.05) is 13.2 Å². The lowest BCUT2D eigenvalue weighted by Crippen LogP contribution is -2.30. The van der Waals surface area contributed by atoms with E-state index in [1.165, 1.54) is 167 Å². The van der Waals surface area contributed by atoms with E-state index in [0.29, 0.717) is 19.3 Å². The van der Waals surface area contributed by atoms with Gasteiger partial charge in [0.1, 0.15) is 13.2 Å². The van der Waals surface area contributed by atoms with Crippen LogP contribution >= 0.6 is 0 Å². The van der Waals surface area contributed by atoms with Crippen molar-refractivity contribution in [2.24, 2.45) is 0 Å². The number of carbonyl (C=O) groups excluding carboxylic acids is 3. The first-order chi connectivity index (χ1) is 31.5. The molecule has 0 radical (unpaired) electrons. The van der Waals surface area contributed by atoms with Crippen LogP contribution in [0, 0.1) is 0 Å². The highest BCUT2D eigenvalue weighted by atomic mass is 16.6. The molecule has 64 heavy (non-hydrogen) atoms. The van der Waals surface area contributed by atoms with Crippen LogP contribution in [0.3, 0.4) is 0 Å². The fourth-order valence-corrected chi connectivity index (χ4v) is 8.12. The minimum absolute atomic E-state index is 0.0751. The van der Waals surface area contributed by atoms with Gasteiger partial charge in [0, 0.05) is 19.3 Å². The SMILES string of the molecule is CCC/C=C\C/C=C\CCCCCCCC(=O)OC(COC(=O)CCCCCCCCCC)COC(=O)CCCCCCCCCCCCCCC/C=C\CCCCCCCCCC. The lowest BCUT2D eigenvalue weighted by molar-refractivity contribution is -0.167. The van der Waals surface area contributed by atoms with Crippen molar-refractivity contribution in [1.29, 1.82) is 0 Å². The molecule has 0 aromatic rings. The first-order valence-corrected chi connectivity index (χ1v) is 28.0. The maximum atomic E-state index is 12.8. The minimum atomic E-state index is -0.774. The Balaban J connectivity index is 4.12. The molecule has 374 valence electrons. The van der Waals surface area contributed by atoms with Crippen LogP contribution in [0.1, 0.15) is 297 Å². The van der Waals surface area contributed by atoms with Gasteiger partial charge in [-0.15, -0.1) is 0 Å². The molecular formula is C58H106O6. The van der Waals surface area contributed by atoms with Crippen LogP contribution in [0.15, 0.2) is 36.5 Å². The summed E-state index contributed by atoms with van der Waals surface area (Å²) in [5.74, 6) is -0.883. The lowest BCUT2D eigenvalue weighted by Gasteiger charge is -2.18. The van der Waals surface area contributed by atoms with Crippen LogP contribution in [0.5, 0.6) is 0 Å².